The van der Waals surface area contributed by atoms with E-state index in [1.807, 2.05) is 47.4 Å². The summed E-state index contributed by atoms with van der Waals surface area (Å²) in [7, 11) is 2.18. The summed E-state index contributed by atoms with van der Waals surface area (Å²) in [6.45, 7) is 6.55. The van der Waals surface area contributed by atoms with Crippen LogP contribution in [0, 0.1) is 0 Å². The number of carbonyl (C=O) groups excluding carboxylic acids is 2. The number of likely N-dealkylation sites (N-methyl/N-ethyl adjacent to an activating group) is 1. The molecular formula is C38H40ClN7O3. The number of carbonyl (C=O) groups is 2. The van der Waals surface area contributed by atoms with Crippen LogP contribution in [0.25, 0.3) is 11.0 Å². The molecule has 0 bridgehead atoms. The van der Waals surface area contributed by atoms with Gasteiger partial charge in [0.05, 0.1) is 16.0 Å². The Labute approximate surface area is 291 Å². The minimum Gasteiger partial charge on any atom is -0.457 e. The first-order valence-electron chi connectivity index (χ1n) is 16.9. The van der Waals surface area contributed by atoms with Crippen molar-refractivity contribution < 1.29 is 14.3 Å². The molecule has 7 rings (SSSR count). The van der Waals surface area contributed by atoms with Crippen LogP contribution < -0.4 is 10.1 Å². The number of para-hydroxylation sites is 1. The first kappa shape index (κ1) is 32.8. The predicted octanol–water partition coefficient (Wildman–Crippen LogP) is 6.49. The van der Waals surface area contributed by atoms with E-state index in [2.05, 4.69) is 49.2 Å². The lowest BCUT2D eigenvalue weighted by Gasteiger charge is -2.33. The molecule has 2 aliphatic rings. The Hall–Kier alpha value is -4.77. The van der Waals surface area contributed by atoms with Crippen molar-refractivity contribution in [2.45, 2.75) is 31.8 Å². The Kier molecular flexibility index (Phi) is 9.88. The molecule has 2 fully saturated rings. The molecule has 0 unspecified atom stereocenters. The van der Waals surface area contributed by atoms with Gasteiger partial charge in [0.2, 0.25) is 0 Å². The molecule has 49 heavy (non-hydrogen) atoms. The fourth-order valence-corrected chi connectivity index (χ4v) is 6.89. The first-order valence-corrected chi connectivity index (χ1v) is 17.2. The number of H-pyrrole nitrogens is 1. The number of halogens is 1. The number of hydrogen-bond acceptors (Lipinski definition) is 8. The maximum Gasteiger partial charge on any atom is 0.253 e. The number of nitrogens with zero attached hydrogens (tertiary/aromatic N) is 5. The fraction of sp³-hybridized carbons (Fsp3) is 0.316. The fourth-order valence-electron chi connectivity index (χ4n) is 6.64. The zero-order valence-corrected chi connectivity index (χ0v) is 28.3. The minimum atomic E-state index is -0.245. The van der Waals surface area contributed by atoms with Gasteiger partial charge in [-0.3, -0.25) is 14.5 Å². The van der Waals surface area contributed by atoms with Crippen molar-refractivity contribution >= 4 is 40.1 Å². The zero-order chi connectivity index (χ0) is 33.7. The molecule has 4 heterocycles. The number of piperidine rings is 1. The molecule has 0 spiro atoms. The van der Waals surface area contributed by atoms with E-state index in [1.165, 1.54) is 18.3 Å². The lowest BCUT2D eigenvalue weighted by Crippen LogP contribution is -2.42. The average Bonchev–Trinajstić information content (AvgIpc) is 3.46. The summed E-state index contributed by atoms with van der Waals surface area (Å²) < 4.78 is 5.88. The van der Waals surface area contributed by atoms with Crippen molar-refractivity contribution in [1.82, 2.24) is 29.7 Å². The molecule has 0 saturated carbocycles. The Morgan fingerprint density at radius 1 is 0.898 bits per heavy atom. The number of nitrogens with one attached hydrogen (secondary N) is 2. The van der Waals surface area contributed by atoms with Gasteiger partial charge in [-0.2, -0.15) is 0 Å². The second kappa shape index (κ2) is 14.8. The van der Waals surface area contributed by atoms with Gasteiger partial charge in [0, 0.05) is 62.2 Å². The van der Waals surface area contributed by atoms with Crippen LogP contribution in [-0.2, 0) is 6.54 Å². The van der Waals surface area contributed by atoms with Crippen molar-refractivity contribution in [3.05, 3.63) is 113 Å². The minimum absolute atomic E-state index is 0.0569. The van der Waals surface area contributed by atoms with Crippen LogP contribution in [0.3, 0.4) is 0 Å². The highest BCUT2D eigenvalue weighted by atomic mass is 35.5. The summed E-state index contributed by atoms with van der Waals surface area (Å²) >= 11 is 6.60. The van der Waals surface area contributed by atoms with Gasteiger partial charge in [0.1, 0.15) is 29.3 Å². The highest BCUT2D eigenvalue weighted by Crippen LogP contribution is 2.32. The molecule has 10 nitrogen and oxygen atoms in total. The van der Waals surface area contributed by atoms with Gasteiger partial charge < -0.3 is 24.8 Å². The molecule has 2 aromatic heterocycles. The molecule has 11 heteroatoms. The number of rotatable bonds is 9. The summed E-state index contributed by atoms with van der Waals surface area (Å²) in [6.07, 6.45) is 5.81. The molecule has 3 aromatic carbocycles. The predicted molar refractivity (Wildman–Crippen MR) is 192 cm³/mol. The molecule has 5 aromatic rings. The van der Waals surface area contributed by atoms with E-state index >= 15 is 0 Å². The van der Waals surface area contributed by atoms with E-state index < -0.39 is 0 Å². The van der Waals surface area contributed by atoms with Crippen LogP contribution in [0.15, 0.2) is 85.3 Å². The molecule has 2 aliphatic heterocycles. The van der Waals surface area contributed by atoms with Gasteiger partial charge in [0.15, 0.2) is 5.78 Å². The molecule has 0 atom stereocenters. The van der Waals surface area contributed by atoms with Crippen LogP contribution in [0.1, 0.15) is 51.1 Å². The highest BCUT2D eigenvalue weighted by molar-refractivity contribution is 6.35. The van der Waals surface area contributed by atoms with Crippen molar-refractivity contribution in [2.75, 3.05) is 51.6 Å². The lowest BCUT2D eigenvalue weighted by molar-refractivity contribution is 0.0718. The van der Waals surface area contributed by atoms with Crippen molar-refractivity contribution in [3.63, 3.8) is 0 Å². The Morgan fingerprint density at radius 3 is 2.47 bits per heavy atom. The number of hydrogen-bond donors (Lipinski definition) is 2. The van der Waals surface area contributed by atoms with E-state index in [4.69, 9.17) is 16.3 Å². The van der Waals surface area contributed by atoms with Crippen molar-refractivity contribution in [2.24, 2.45) is 0 Å². The van der Waals surface area contributed by atoms with E-state index in [9.17, 15) is 9.59 Å². The second-order valence-corrected chi connectivity index (χ2v) is 13.3. The molecule has 2 saturated heterocycles. The number of aromatic amines is 1. The Morgan fingerprint density at radius 2 is 1.69 bits per heavy atom. The van der Waals surface area contributed by atoms with E-state index in [0.717, 1.165) is 51.1 Å². The molecule has 1 amide bonds. The van der Waals surface area contributed by atoms with Gasteiger partial charge in [-0.25, -0.2) is 9.97 Å². The van der Waals surface area contributed by atoms with Gasteiger partial charge in [-0.15, -0.1) is 0 Å². The van der Waals surface area contributed by atoms with Crippen molar-refractivity contribution in [3.8, 4) is 11.5 Å². The summed E-state index contributed by atoms with van der Waals surface area (Å²) in [6, 6.07) is 22.6. The SMILES string of the molecule is CN1CCCN(Cc2ccc(C(=O)N3CCC(Nc4ncnc5[nH]cc(C(=O)c6ccc(Oc7ccccc7)cc6Cl)c45)CC3)cc2)CC1. The summed E-state index contributed by atoms with van der Waals surface area (Å²) in [4.78, 5) is 46.0. The second-order valence-electron chi connectivity index (χ2n) is 12.9. The van der Waals surface area contributed by atoms with Crippen LogP contribution in [-0.4, -0.2) is 93.7 Å². The lowest BCUT2D eigenvalue weighted by atomic mass is 10.0. The number of ether oxygens (including phenoxy) is 1. The maximum atomic E-state index is 13.8. The number of benzene rings is 3. The number of fused-ring (bicyclic) bond motifs is 1. The topological polar surface area (TPSA) is 107 Å². The van der Waals surface area contributed by atoms with E-state index in [-0.39, 0.29) is 22.8 Å². The summed E-state index contributed by atoms with van der Waals surface area (Å²) in [5, 5.41) is 4.44. The smallest absolute Gasteiger partial charge is 0.253 e. The van der Waals surface area contributed by atoms with Gasteiger partial charge in [-0.05, 0) is 81.4 Å². The normalized spacial score (nSPS) is 16.4. The number of ketones is 1. The van der Waals surface area contributed by atoms with Crippen LogP contribution in [0.5, 0.6) is 11.5 Å². The van der Waals surface area contributed by atoms with E-state index in [1.54, 1.807) is 24.4 Å². The van der Waals surface area contributed by atoms with Crippen LogP contribution in [0.4, 0.5) is 5.82 Å². The summed E-state index contributed by atoms with van der Waals surface area (Å²) in [5.41, 5.74) is 3.29. The monoisotopic (exact) mass is 677 g/mol. The zero-order valence-electron chi connectivity index (χ0n) is 27.6. The third-order valence-electron chi connectivity index (χ3n) is 9.42. The molecule has 2 N–H and O–H groups in total. The third-order valence-corrected chi connectivity index (χ3v) is 9.73. The first-order chi connectivity index (χ1) is 23.9. The van der Waals surface area contributed by atoms with E-state index in [0.29, 0.717) is 52.6 Å². The third kappa shape index (κ3) is 7.62. The number of anilines is 1. The van der Waals surface area contributed by atoms with Crippen LogP contribution >= 0.6 is 11.6 Å². The van der Waals surface area contributed by atoms with Gasteiger partial charge in [-0.1, -0.05) is 41.9 Å². The Balaban J connectivity index is 0.979. The largest absolute Gasteiger partial charge is 0.457 e. The average molecular weight is 678 g/mol. The van der Waals surface area contributed by atoms with Crippen LogP contribution in [0.2, 0.25) is 5.02 Å². The Bertz CT molecular complexity index is 1920. The number of amides is 1. The standard InChI is InChI=1S/C38H40ClN7O3/c1-44-16-5-17-45(21-20-44)24-26-8-10-27(11-9-26)38(48)46-18-14-28(15-19-46)43-37-34-32(23-40-36(34)41-25-42-37)35(47)31-13-12-30(22-33(31)39)49-29-6-3-2-4-7-29/h2-4,6-13,22-23,25,28H,5,14-21,24H2,1H3,(H2,40,41,42,43). The number of aromatic nitrogens is 3. The molecular weight excluding hydrogens is 638 g/mol. The number of likely N-dealkylation sites (tertiary alicyclic amines) is 1. The van der Waals surface area contributed by atoms with Gasteiger partial charge in [0.25, 0.3) is 5.91 Å². The molecule has 0 aliphatic carbocycles. The molecule has 0 radical (unpaired) electrons. The molecule has 252 valence electrons. The maximum absolute atomic E-state index is 13.8. The quantitative estimate of drug-likeness (QED) is 0.171. The van der Waals surface area contributed by atoms with Gasteiger partial charge >= 0.3 is 0 Å². The van der Waals surface area contributed by atoms with Crippen molar-refractivity contribution in [1.29, 1.82) is 0 Å². The highest BCUT2D eigenvalue weighted by Gasteiger charge is 2.26. The summed E-state index contributed by atoms with van der Waals surface area (Å²) in [5.74, 6) is 1.60.